The van der Waals surface area contributed by atoms with Crippen molar-refractivity contribution in [2.75, 3.05) is 26.7 Å². The molecule has 23 heavy (non-hydrogen) atoms. The van der Waals surface area contributed by atoms with Crippen molar-refractivity contribution in [3.05, 3.63) is 0 Å². The maximum atomic E-state index is 12.6. The molecule has 0 bridgehead atoms. The van der Waals surface area contributed by atoms with Gasteiger partial charge in [0.25, 0.3) is 0 Å². The molecule has 1 aliphatic heterocycles. The first-order chi connectivity index (χ1) is 11.0. The van der Waals surface area contributed by atoms with E-state index in [2.05, 4.69) is 16.0 Å². The number of amides is 4. The Hall–Kier alpha value is -1.79. The van der Waals surface area contributed by atoms with Gasteiger partial charge in [-0.15, -0.1) is 0 Å². The van der Waals surface area contributed by atoms with Crippen LogP contribution in [0, 0.1) is 5.92 Å². The van der Waals surface area contributed by atoms with Crippen molar-refractivity contribution in [2.45, 2.75) is 51.0 Å². The van der Waals surface area contributed by atoms with Crippen molar-refractivity contribution in [3.63, 3.8) is 0 Å². The summed E-state index contributed by atoms with van der Waals surface area (Å²) in [5.41, 5.74) is -0.797. The molecule has 0 aromatic heterocycles. The monoisotopic (exact) mass is 324 g/mol. The van der Waals surface area contributed by atoms with Gasteiger partial charge >= 0.3 is 6.03 Å². The van der Waals surface area contributed by atoms with Crippen LogP contribution >= 0.6 is 0 Å². The molecular formula is C16H28N4O3. The number of hydrogen-bond acceptors (Lipinski definition) is 3. The highest BCUT2D eigenvalue weighted by atomic mass is 16.2. The van der Waals surface area contributed by atoms with Crippen LogP contribution in [0.3, 0.4) is 0 Å². The lowest BCUT2D eigenvalue weighted by Crippen LogP contribution is -2.59. The zero-order valence-corrected chi connectivity index (χ0v) is 14.1. The third-order valence-electron chi connectivity index (χ3n) is 4.89. The summed E-state index contributed by atoms with van der Waals surface area (Å²) in [6, 6.07) is -0.293. The Bertz CT molecular complexity index is 460. The highest BCUT2D eigenvalue weighted by Crippen LogP contribution is 2.30. The fourth-order valence-electron chi connectivity index (χ4n) is 3.40. The molecule has 1 unspecified atom stereocenters. The molecule has 130 valence electrons. The van der Waals surface area contributed by atoms with Crippen LogP contribution in [-0.4, -0.2) is 55.0 Å². The van der Waals surface area contributed by atoms with E-state index in [0.29, 0.717) is 32.4 Å². The maximum Gasteiger partial charge on any atom is 0.315 e. The predicted molar refractivity (Wildman–Crippen MR) is 86.8 cm³/mol. The average molecular weight is 324 g/mol. The average Bonchev–Trinajstić information content (AvgIpc) is 2.98. The van der Waals surface area contributed by atoms with Crippen LogP contribution < -0.4 is 16.0 Å². The van der Waals surface area contributed by atoms with Crippen LogP contribution in [0.1, 0.15) is 45.4 Å². The van der Waals surface area contributed by atoms with E-state index in [1.165, 1.54) is 0 Å². The minimum Gasteiger partial charge on any atom is -0.354 e. The normalized spacial score (nSPS) is 23.5. The van der Waals surface area contributed by atoms with E-state index in [9.17, 15) is 14.4 Å². The summed E-state index contributed by atoms with van der Waals surface area (Å²) in [6.07, 6.45) is 4.59. The largest absolute Gasteiger partial charge is 0.354 e. The molecule has 1 heterocycles. The summed E-state index contributed by atoms with van der Waals surface area (Å²) in [5, 5.41) is 8.51. The first-order valence-electron chi connectivity index (χ1n) is 8.55. The van der Waals surface area contributed by atoms with E-state index >= 15 is 0 Å². The van der Waals surface area contributed by atoms with Gasteiger partial charge in [0.1, 0.15) is 5.54 Å². The van der Waals surface area contributed by atoms with Gasteiger partial charge in [0.05, 0.1) is 0 Å². The van der Waals surface area contributed by atoms with Crippen molar-refractivity contribution in [2.24, 2.45) is 5.92 Å². The molecule has 1 atom stereocenters. The number of nitrogens with zero attached hydrogens (tertiary/aromatic N) is 1. The van der Waals surface area contributed by atoms with Gasteiger partial charge in [-0.25, -0.2) is 4.79 Å². The number of nitrogens with one attached hydrogen (secondary N) is 3. The van der Waals surface area contributed by atoms with Crippen LogP contribution in [0.2, 0.25) is 0 Å². The molecule has 1 saturated carbocycles. The lowest BCUT2D eigenvalue weighted by molar-refractivity contribution is -0.134. The summed E-state index contributed by atoms with van der Waals surface area (Å²) in [6.45, 7) is 3.61. The van der Waals surface area contributed by atoms with Crippen molar-refractivity contribution in [3.8, 4) is 0 Å². The molecular weight excluding hydrogens is 296 g/mol. The smallest absolute Gasteiger partial charge is 0.315 e. The first kappa shape index (κ1) is 17.6. The minimum atomic E-state index is -0.797. The van der Waals surface area contributed by atoms with Crippen LogP contribution in [-0.2, 0) is 9.59 Å². The quantitative estimate of drug-likeness (QED) is 0.692. The number of urea groups is 1. The van der Waals surface area contributed by atoms with Gasteiger partial charge in [-0.3, -0.25) is 9.59 Å². The molecule has 7 heteroatoms. The van der Waals surface area contributed by atoms with E-state index in [4.69, 9.17) is 0 Å². The molecule has 4 amide bonds. The number of likely N-dealkylation sites (tertiary alicyclic amines) is 1. The van der Waals surface area contributed by atoms with E-state index in [1.807, 2.05) is 6.92 Å². The summed E-state index contributed by atoms with van der Waals surface area (Å²) >= 11 is 0. The van der Waals surface area contributed by atoms with Crippen molar-refractivity contribution < 1.29 is 14.4 Å². The van der Waals surface area contributed by atoms with E-state index in [0.717, 1.165) is 25.8 Å². The second-order valence-electron chi connectivity index (χ2n) is 6.66. The van der Waals surface area contributed by atoms with Crippen LogP contribution in [0.15, 0.2) is 0 Å². The van der Waals surface area contributed by atoms with E-state index < -0.39 is 5.54 Å². The van der Waals surface area contributed by atoms with Gasteiger partial charge in [0.2, 0.25) is 11.8 Å². The van der Waals surface area contributed by atoms with Gasteiger partial charge in [-0.05, 0) is 32.1 Å². The second kappa shape index (κ2) is 7.66. The molecule has 2 rings (SSSR count). The van der Waals surface area contributed by atoms with Gasteiger partial charge in [0.15, 0.2) is 0 Å². The second-order valence-corrected chi connectivity index (χ2v) is 6.66. The molecule has 0 radical (unpaired) electrons. The first-order valence-corrected chi connectivity index (χ1v) is 8.55. The van der Waals surface area contributed by atoms with Crippen LogP contribution in [0.25, 0.3) is 0 Å². The molecule has 2 aliphatic rings. The highest BCUT2D eigenvalue weighted by molar-refractivity contribution is 5.91. The van der Waals surface area contributed by atoms with Gasteiger partial charge in [0, 0.05) is 33.1 Å². The Morgan fingerprint density at radius 3 is 2.57 bits per heavy atom. The predicted octanol–water partition coefficient (Wildman–Crippen LogP) is 0.603. The van der Waals surface area contributed by atoms with Gasteiger partial charge in [-0.2, -0.15) is 0 Å². The Labute approximate surface area is 137 Å². The third kappa shape index (κ3) is 4.36. The molecule has 7 nitrogen and oxygen atoms in total. The van der Waals surface area contributed by atoms with Crippen molar-refractivity contribution >= 4 is 17.8 Å². The lowest BCUT2D eigenvalue weighted by atomic mass is 9.94. The number of piperidine rings is 1. The number of rotatable bonds is 5. The Kier molecular flexibility index (Phi) is 5.85. The SMILES string of the molecule is CCNC(=O)NC1(C(=O)NCC2CCN(C)C(=O)C2)CCCC1. The minimum absolute atomic E-state index is 0.118. The lowest BCUT2D eigenvalue weighted by Gasteiger charge is -2.32. The summed E-state index contributed by atoms with van der Waals surface area (Å²) < 4.78 is 0. The molecule has 3 N–H and O–H groups in total. The zero-order chi connectivity index (χ0) is 16.9. The fourth-order valence-corrected chi connectivity index (χ4v) is 3.40. The summed E-state index contributed by atoms with van der Waals surface area (Å²) in [4.78, 5) is 38.0. The molecule has 1 saturated heterocycles. The number of carbonyl (C=O) groups excluding carboxylic acids is 3. The summed E-state index contributed by atoms with van der Waals surface area (Å²) in [7, 11) is 1.81. The van der Waals surface area contributed by atoms with Crippen LogP contribution in [0.5, 0.6) is 0 Å². The van der Waals surface area contributed by atoms with Crippen LogP contribution in [0.4, 0.5) is 4.79 Å². The number of hydrogen-bond donors (Lipinski definition) is 3. The summed E-state index contributed by atoms with van der Waals surface area (Å²) in [5.74, 6) is 0.199. The van der Waals surface area contributed by atoms with E-state index in [1.54, 1.807) is 11.9 Å². The molecule has 0 aromatic rings. The maximum absolute atomic E-state index is 12.6. The third-order valence-corrected chi connectivity index (χ3v) is 4.89. The van der Waals surface area contributed by atoms with Crippen molar-refractivity contribution in [1.82, 2.24) is 20.9 Å². The molecule has 0 spiro atoms. The molecule has 1 aliphatic carbocycles. The Balaban J connectivity index is 1.88. The number of carbonyl (C=O) groups is 3. The van der Waals surface area contributed by atoms with E-state index in [-0.39, 0.29) is 23.8 Å². The molecule has 0 aromatic carbocycles. The topological polar surface area (TPSA) is 90.5 Å². The highest BCUT2D eigenvalue weighted by Gasteiger charge is 2.42. The van der Waals surface area contributed by atoms with Gasteiger partial charge < -0.3 is 20.9 Å². The zero-order valence-electron chi connectivity index (χ0n) is 14.1. The Morgan fingerprint density at radius 2 is 1.96 bits per heavy atom. The standard InChI is InChI=1S/C16H28N4O3/c1-3-17-15(23)19-16(7-4-5-8-16)14(22)18-11-12-6-9-20(2)13(21)10-12/h12H,3-11H2,1-2H3,(H,18,22)(H2,17,19,23). The van der Waals surface area contributed by atoms with Gasteiger partial charge in [-0.1, -0.05) is 12.8 Å². The fraction of sp³-hybridized carbons (Fsp3) is 0.812. The molecule has 2 fully saturated rings. The Morgan fingerprint density at radius 1 is 1.26 bits per heavy atom. The van der Waals surface area contributed by atoms with Crippen molar-refractivity contribution in [1.29, 1.82) is 0 Å².